The Labute approximate surface area is 129 Å². The van der Waals surface area contributed by atoms with Crippen LogP contribution in [0.4, 0.5) is 0 Å². The summed E-state index contributed by atoms with van der Waals surface area (Å²) in [6.45, 7) is 9.02. The van der Waals surface area contributed by atoms with Crippen LogP contribution in [0, 0.1) is 26.7 Å². The van der Waals surface area contributed by atoms with Crippen LogP contribution in [0.5, 0.6) is 0 Å². The van der Waals surface area contributed by atoms with Gasteiger partial charge in [0.2, 0.25) is 0 Å². The molecule has 2 rings (SSSR count). The van der Waals surface area contributed by atoms with Crippen LogP contribution in [0.2, 0.25) is 0 Å². The Hall–Kier alpha value is -0.860. The highest BCUT2D eigenvalue weighted by atomic mass is 16.5. The average molecular weight is 290 g/mol. The van der Waals surface area contributed by atoms with E-state index in [4.69, 9.17) is 4.74 Å². The second-order valence-corrected chi connectivity index (χ2v) is 6.56. The molecule has 118 valence electrons. The molecule has 0 bridgehead atoms. The van der Waals surface area contributed by atoms with Gasteiger partial charge in [0.05, 0.1) is 6.10 Å². The zero-order valence-electron chi connectivity index (χ0n) is 14.0. The van der Waals surface area contributed by atoms with Crippen LogP contribution in [-0.4, -0.2) is 17.8 Å². The van der Waals surface area contributed by atoms with Gasteiger partial charge in [-0.3, -0.25) is 0 Å². The number of ether oxygens (including phenoxy) is 1. The van der Waals surface area contributed by atoms with Gasteiger partial charge in [-0.05, 0) is 68.7 Å². The molecule has 1 saturated carbocycles. The van der Waals surface area contributed by atoms with Crippen molar-refractivity contribution in [1.82, 2.24) is 0 Å². The van der Waals surface area contributed by atoms with E-state index in [9.17, 15) is 5.11 Å². The molecular weight excluding hydrogens is 260 g/mol. The Morgan fingerprint density at radius 1 is 1.05 bits per heavy atom. The molecule has 2 heteroatoms. The standard InChI is InChI=1S/C19H30O2/c1-5-21-19(16-9-7-6-8-10-16)18(20)17-12-14(3)13(2)11-15(17)4/h11-12,16,18-20H,5-10H2,1-4H3. The van der Waals surface area contributed by atoms with Gasteiger partial charge in [-0.15, -0.1) is 0 Å². The summed E-state index contributed by atoms with van der Waals surface area (Å²) >= 11 is 0. The van der Waals surface area contributed by atoms with E-state index >= 15 is 0 Å². The van der Waals surface area contributed by atoms with Gasteiger partial charge >= 0.3 is 0 Å². The molecule has 0 aliphatic heterocycles. The summed E-state index contributed by atoms with van der Waals surface area (Å²) in [6.07, 6.45) is 5.67. The lowest BCUT2D eigenvalue weighted by Crippen LogP contribution is -2.32. The molecule has 0 aromatic heterocycles. The third-order valence-corrected chi connectivity index (χ3v) is 4.99. The SMILES string of the molecule is CCOC(C1CCCCC1)C(O)c1cc(C)c(C)cc1C. The topological polar surface area (TPSA) is 29.5 Å². The van der Waals surface area contributed by atoms with Crippen molar-refractivity contribution in [3.8, 4) is 0 Å². The molecular formula is C19H30O2. The van der Waals surface area contributed by atoms with E-state index in [0.29, 0.717) is 12.5 Å². The fourth-order valence-electron chi connectivity index (χ4n) is 3.62. The Morgan fingerprint density at radius 3 is 2.29 bits per heavy atom. The smallest absolute Gasteiger partial charge is 0.106 e. The maximum atomic E-state index is 10.9. The summed E-state index contributed by atoms with van der Waals surface area (Å²) in [5.41, 5.74) is 4.75. The molecule has 1 fully saturated rings. The lowest BCUT2D eigenvalue weighted by molar-refractivity contribution is -0.0741. The molecule has 1 aromatic rings. The number of benzene rings is 1. The van der Waals surface area contributed by atoms with Gasteiger partial charge in [-0.25, -0.2) is 0 Å². The number of aliphatic hydroxyl groups excluding tert-OH is 1. The highest BCUT2D eigenvalue weighted by molar-refractivity contribution is 5.38. The van der Waals surface area contributed by atoms with Crippen molar-refractivity contribution in [2.75, 3.05) is 6.61 Å². The minimum Gasteiger partial charge on any atom is -0.386 e. The fraction of sp³-hybridized carbons (Fsp3) is 0.684. The van der Waals surface area contributed by atoms with Crippen molar-refractivity contribution in [1.29, 1.82) is 0 Å². The summed E-state index contributed by atoms with van der Waals surface area (Å²) < 4.78 is 5.97. The molecule has 1 aromatic carbocycles. The quantitative estimate of drug-likeness (QED) is 0.856. The molecule has 2 atom stereocenters. The van der Waals surface area contributed by atoms with Gasteiger partial charge < -0.3 is 9.84 Å². The van der Waals surface area contributed by atoms with E-state index in [1.54, 1.807) is 0 Å². The van der Waals surface area contributed by atoms with E-state index in [-0.39, 0.29) is 6.10 Å². The maximum Gasteiger partial charge on any atom is 0.106 e. The molecule has 2 unspecified atom stereocenters. The van der Waals surface area contributed by atoms with Crippen molar-refractivity contribution < 1.29 is 9.84 Å². The number of aryl methyl sites for hydroxylation is 3. The van der Waals surface area contributed by atoms with Crippen LogP contribution in [0.25, 0.3) is 0 Å². The van der Waals surface area contributed by atoms with Gasteiger partial charge in [0.25, 0.3) is 0 Å². The number of hydrogen-bond donors (Lipinski definition) is 1. The normalized spacial score (nSPS) is 19.5. The second-order valence-electron chi connectivity index (χ2n) is 6.56. The molecule has 1 aliphatic rings. The first kappa shape index (κ1) is 16.5. The van der Waals surface area contributed by atoms with Crippen LogP contribution in [-0.2, 0) is 4.74 Å². The van der Waals surface area contributed by atoms with E-state index < -0.39 is 6.10 Å². The number of rotatable bonds is 5. The van der Waals surface area contributed by atoms with Crippen molar-refractivity contribution in [3.05, 3.63) is 34.4 Å². The van der Waals surface area contributed by atoms with Gasteiger partial charge in [-0.2, -0.15) is 0 Å². The van der Waals surface area contributed by atoms with Gasteiger partial charge in [-0.1, -0.05) is 31.4 Å². The minimum absolute atomic E-state index is 0.0592. The zero-order chi connectivity index (χ0) is 15.4. The van der Waals surface area contributed by atoms with Crippen LogP contribution in [0.1, 0.15) is 67.4 Å². The monoisotopic (exact) mass is 290 g/mol. The highest BCUT2D eigenvalue weighted by Crippen LogP contribution is 2.35. The first-order chi connectivity index (χ1) is 10.0. The molecule has 0 saturated heterocycles. The van der Waals surface area contributed by atoms with Gasteiger partial charge in [0.1, 0.15) is 6.10 Å². The van der Waals surface area contributed by atoms with Crippen molar-refractivity contribution in [2.24, 2.45) is 5.92 Å². The molecule has 0 radical (unpaired) electrons. The summed E-state index contributed by atoms with van der Waals surface area (Å²) in [5.74, 6) is 0.495. The Balaban J connectivity index is 2.24. The third-order valence-electron chi connectivity index (χ3n) is 4.99. The summed E-state index contributed by atoms with van der Waals surface area (Å²) in [6, 6.07) is 4.32. The van der Waals surface area contributed by atoms with E-state index in [0.717, 1.165) is 5.56 Å². The summed E-state index contributed by atoms with van der Waals surface area (Å²) in [7, 11) is 0. The minimum atomic E-state index is -0.507. The third kappa shape index (κ3) is 3.87. The largest absolute Gasteiger partial charge is 0.386 e. The van der Waals surface area contributed by atoms with Crippen LogP contribution in [0.3, 0.4) is 0 Å². The molecule has 0 spiro atoms. The Bertz CT molecular complexity index is 461. The predicted molar refractivity (Wildman–Crippen MR) is 87.6 cm³/mol. The van der Waals surface area contributed by atoms with Gasteiger partial charge in [0, 0.05) is 6.61 Å². The molecule has 0 amide bonds. The average Bonchev–Trinajstić information content (AvgIpc) is 2.49. The zero-order valence-corrected chi connectivity index (χ0v) is 14.0. The lowest BCUT2D eigenvalue weighted by atomic mass is 9.81. The molecule has 21 heavy (non-hydrogen) atoms. The number of aliphatic hydroxyl groups is 1. The summed E-state index contributed by atoms with van der Waals surface area (Å²) in [5, 5.41) is 10.9. The molecule has 1 aliphatic carbocycles. The van der Waals surface area contributed by atoms with Crippen molar-refractivity contribution >= 4 is 0 Å². The van der Waals surface area contributed by atoms with E-state index in [1.807, 2.05) is 6.92 Å². The van der Waals surface area contributed by atoms with Crippen molar-refractivity contribution in [3.63, 3.8) is 0 Å². The predicted octanol–water partition coefficient (Wildman–Crippen LogP) is 4.63. The molecule has 1 N–H and O–H groups in total. The Morgan fingerprint density at radius 2 is 1.67 bits per heavy atom. The van der Waals surface area contributed by atoms with E-state index in [1.165, 1.54) is 48.8 Å². The highest BCUT2D eigenvalue weighted by Gasteiger charge is 2.31. The first-order valence-electron chi connectivity index (χ1n) is 8.42. The second kappa shape index (κ2) is 7.42. The van der Waals surface area contributed by atoms with Gasteiger partial charge in [0.15, 0.2) is 0 Å². The van der Waals surface area contributed by atoms with E-state index in [2.05, 4.69) is 32.9 Å². The van der Waals surface area contributed by atoms with Crippen molar-refractivity contribution in [2.45, 2.75) is 72.0 Å². The Kier molecular flexibility index (Phi) is 5.83. The fourth-order valence-corrected chi connectivity index (χ4v) is 3.62. The van der Waals surface area contributed by atoms with Crippen LogP contribution < -0.4 is 0 Å². The maximum absolute atomic E-state index is 10.9. The summed E-state index contributed by atoms with van der Waals surface area (Å²) in [4.78, 5) is 0. The lowest BCUT2D eigenvalue weighted by Gasteiger charge is -2.34. The van der Waals surface area contributed by atoms with Crippen LogP contribution >= 0.6 is 0 Å². The number of hydrogen-bond acceptors (Lipinski definition) is 2. The molecule has 0 heterocycles. The van der Waals surface area contributed by atoms with Crippen LogP contribution in [0.15, 0.2) is 12.1 Å². The first-order valence-corrected chi connectivity index (χ1v) is 8.42. The molecule has 2 nitrogen and oxygen atoms in total.